The van der Waals surface area contributed by atoms with Crippen molar-refractivity contribution in [2.45, 2.75) is 65.1 Å². The molecule has 5 heteroatoms. The highest BCUT2D eigenvalue weighted by Crippen LogP contribution is 2.35. The number of rotatable bonds is 10. The zero-order chi connectivity index (χ0) is 21.8. The molecule has 0 bridgehead atoms. The first-order chi connectivity index (χ1) is 15.0. The number of para-hydroxylation sites is 1. The largest absolute Gasteiger partial charge is 0.439 e. The zero-order valence-corrected chi connectivity index (χ0v) is 18.8. The summed E-state index contributed by atoms with van der Waals surface area (Å²) in [7, 11) is 0. The molecule has 1 fully saturated rings. The molecule has 0 aliphatic heterocycles. The van der Waals surface area contributed by atoms with Crippen molar-refractivity contribution in [1.29, 1.82) is 0 Å². The van der Waals surface area contributed by atoms with Crippen LogP contribution in [0.4, 0.5) is 0 Å². The van der Waals surface area contributed by atoms with E-state index < -0.39 is 0 Å². The summed E-state index contributed by atoms with van der Waals surface area (Å²) in [5.41, 5.74) is 4.22. The molecule has 31 heavy (non-hydrogen) atoms. The number of ether oxygens (including phenoxy) is 1. The molecule has 2 aromatic carbocycles. The van der Waals surface area contributed by atoms with Gasteiger partial charge >= 0.3 is 0 Å². The predicted molar refractivity (Wildman–Crippen MR) is 124 cm³/mol. The van der Waals surface area contributed by atoms with Gasteiger partial charge in [0, 0.05) is 19.1 Å². The van der Waals surface area contributed by atoms with E-state index in [1.165, 1.54) is 18.4 Å². The van der Waals surface area contributed by atoms with Crippen LogP contribution in [0.1, 0.15) is 49.4 Å². The third-order valence-corrected chi connectivity index (χ3v) is 5.87. The van der Waals surface area contributed by atoms with Crippen molar-refractivity contribution < 1.29 is 9.84 Å². The molecule has 1 heterocycles. The summed E-state index contributed by atoms with van der Waals surface area (Å²) in [5.74, 6) is 1.55. The summed E-state index contributed by atoms with van der Waals surface area (Å²) in [4.78, 5) is 2.40. The van der Waals surface area contributed by atoms with Gasteiger partial charge in [-0.2, -0.15) is 5.10 Å². The Morgan fingerprint density at radius 1 is 1.10 bits per heavy atom. The number of aliphatic hydroxyl groups excluding tert-OH is 1. The second-order valence-corrected chi connectivity index (χ2v) is 8.63. The fraction of sp³-hybridized carbons (Fsp3) is 0.423. The standard InChI is InChI=1S/C26H33N3O2/c1-4-8-23(30)17-28(21-13-14-21)18-25-20(3)27-29(22-9-6-5-7-10-22)26(25)31-24-15-11-19(2)12-16-24/h5-7,9-12,15-16,21,23,30H,4,8,13-14,17-18H2,1-3H3/t23-/m0/s1. The third kappa shape index (κ3) is 5.35. The lowest BCUT2D eigenvalue weighted by Crippen LogP contribution is -2.34. The van der Waals surface area contributed by atoms with Crippen molar-refractivity contribution in [2.24, 2.45) is 0 Å². The van der Waals surface area contributed by atoms with Gasteiger partial charge in [0.15, 0.2) is 0 Å². The van der Waals surface area contributed by atoms with Gasteiger partial charge in [0.25, 0.3) is 0 Å². The number of nitrogens with zero attached hydrogens (tertiary/aromatic N) is 3. The normalized spacial score (nSPS) is 14.7. The third-order valence-electron chi connectivity index (χ3n) is 5.87. The first kappa shape index (κ1) is 21.6. The topological polar surface area (TPSA) is 50.5 Å². The SMILES string of the molecule is CCC[C@H](O)CN(Cc1c(C)nn(-c2ccccc2)c1Oc1ccc(C)cc1)C1CC1. The molecule has 1 saturated carbocycles. The van der Waals surface area contributed by atoms with Gasteiger partial charge in [0.1, 0.15) is 5.75 Å². The second-order valence-electron chi connectivity index (χ2n) is 8.63. The molecule has 1 N–H and O–H groups in total. The van der Waals surface area contributed by atoms with Gasteiger partial charge in [0.2, 0.25) is 5.88 Å². The van der Waals surface area contributed by atoms with Gasteiger partial charge in [-0.25, -0.2) is 4.68 Å². The summed E-state index contributed by atoms with van der Waals surface area (Å²) in [5, 5.41) is 15.3. The van der Waals surface area contributed by atoms with Gasteiger partial charge < -0.3 is 9.84 Å². The van der Waals surface area contributed by atoms with Gasteiger partial charge in [-0.3, -0.25) is 4.90 Å². The summed E-state index contributed by atoms with van der Waals surface area (Å²) in [6.07, 6.45) is 3.92. The molecular weight excluding hydrogens is 386 g/mol. The van der Waals surface area contributed by atoms with Crippen LogP contribution >= 0.6 is 0 Å². The number of aliphatic hydroxyl groups is 1. The molecule has 1 aromatic heterocycles. The van der Waals surface area contributed by atoms with Crippen molar-refractivity contribution in [3.63, 3.8) is 0 Å². The molecule has 0 unspecified atom stereocenters. The first-order valence-electron chi connectivity index (χ1n) is 11.4. The molecule has 0 spiro atoms. The molecule has 0 radical (unpaired) electrons. The highest BCUT2D eigenvalue weighted by molar-refractivity contribution is 5.43. The summed E-state index contributed by atoms with van der Waals surface area (Å²) in [6, 6.07) is 18.8. The minimum Gasteiger partial charge on any atom is -0.439 e. The van der Waals surface area contributed by atoms with Gasteiger partial charge in [-0.1, -0.05) is 49.2 Å². The van der Waals surface area contributed by atoms with Crippen molar-refractivity contribution in [3.05, 3.63) is 71.4 Å². The average molecular weight is 420 g/mol. The molecule has 1 atom stereocenters. The van der Waals surface area contributed by atoms with Crippen LogP contribution in [0.25, 0.3) is 5.69 Å². The fourth-order valence-electron chi connectivity index (χ4n) is 3.97. The van der Waals surface area contributed by atoms with Crippen LogP contribution in [0.3, 0.4) is 0 Å². The van der Waals surface area contributed by atoms with Crippen LogP contribution in [-0.2, 0) is 6.54 Å². The first-order valence-corrected chi connectivity index (χ1v) is 11.4. The maximum atomic E-state index is 10.5. The number of hydrogen-bond acceptors (Lipinski definition) is 4. The molecule has 4 rings (SSSR count). The van der Waals surface area contributed by atoms with Crippen LogP contribution in [0.15, 0.2) is 54.6 Å². The van der Waals surface area contributed by atoms with Crippen LogP contribution in [-0.4, -0.2) is 38.5 Å². The molecule has 3 aromatic rings. The lowest BCUT2D eigenvalue weighted by Gasteiger charge is -2.25. The van der Waals surface area contributed by atoms with E-state index in [2.05, 4.69) is 30.9 Å². The molecule has 0 amide bonds. The number of benzene rings is 2. The van der Waals surface area contributed by atoms with E-state index in [0.717, 1.165) is 48.0 Å². The van der Waals surface area contributed by atoms with Crippen molar-refractivity contribution in [3.8, 4) is 17.3 Å². The van der Waals surface area contributed by atoms with Crippen molar-refractivity contribution >= 4 is 0 Å². The molecule has 0 saturated heterocycles. The van der Waals surface area contributed by atoms with E-state index >= 15 is 0 Å². The van der Waals surface area contributed by atoms with Crippen molar-refractivity contribution in [1.82, 2.24) is 14.7 Å². The quantitative estimate of drug-likeness (QED) is 0.478. The number of hydrogen-bond donors (Lipinski definition) is 1. The maximum absolute atomic E-state index is 10.5. The predicted octanol–water partition coefficient (Wildman–Crippen LogP) is 5.41. The second kappa shape index (κ2) is 9.67. The average Bonchev–Trinajstić information content (AvgIpc) is 3.57. The highest BCUT2D eigenvalue weighted by Gasteiger charge is 2.32. The molecular formula is C26H33N3O2. The fourth-order valence-corrected chi connectivity index (χ4v) is 3.97. The molecule has 1 aliphatic carbocycles. The number of aromatic nitrogens is 2. The van der Waals surface area contributed by atoms with E-state index in [0.29, 0.717) is 12.6 Å². The zero-order valence-electron chi connectivity index (χ0n) is 18.8. The summed E-state index contributed by atoms with van der Waals surface area (Å²) in [6.45, 7) is 7.66. The van der Waals surface area contributed by atoms with E-state index in [1.807, 2.05) is 54.1 Å². The Hall–Kier alpha value is -2.63. The van der Waals surface area contributed by atoms with Gasteiger partial charge in [0.05, 0.1) is 23.0 Å². The molecule has 5 nitrogen and oxygen atoms in total. The molecule has 1 aliphatic rings. The van der Waals surface area contributed by atoms with Crippen LogP contribution in [0.2, 0.25) is 0 Å². The Morgan fingerprint density at radius 3 is 2.45 bits per heavy atom. The minimum atomic E-state index is -0.295. The number of aryl methyl sites for hydroxylation is 2. The van der Waals surface area contributed by atoms with E-state index in [-0.39, 0.29) is 6.10 Å². The van der Waals surface area contributed by atoms with Crippen LogP contribution < -0.4 is 4.74 Å². The van der Waals surface area contributed by atoms with Crippen molar-refractivity contribution in [2.75, 3.05) is 6.54 Å². The minimum absolute atomic E-state index is 0.295. The Morgan fingerprint density at radius 2 is 1.81 bits per heavy atom. The Bertz CT molecular complexity index is 978. The Labute approximate surface area is 185 Å². The highest BCUT2D eigenvalue weighted by atomic mass is 16.5. The lowest BCUT2D eigenvalue weighted by atomic mass is 10.1. The lowest BCUT2D eigenvalue weighted by molar-refractivity contribution is 0.0961. The summed E-state index contributed by atoms with van der Waals surface area (Å²) < 4.78 is 8.34. The Balaban J connectivity index is 1.68. The van der Waals surface area contributed by atoms with Gasteiger partial charge in [-0.05, 0) is 57.4 Å². The van der Waals surface area contributed by atoms with Gasteiger partial charge in [-0.15, -0.1) is 0 Å². The smallest absolute Gasteiger partial charge is 0.227 e. The van der Waals surface area contributed by atoms with Crippen LogP contribution in [0, 0.1) is 13.8 Å². The van der Waals surface area contributed by atoms with E-state index in [4.69, 9.17) is 9.84 Å². The Kier molecular flexibility index (Phi) is 6.73. The van der Waals surface area contributed by atoms with Crippen LogP contribution in [0.5, 0.6) is 11.6 Å². The molecule has 164 valence electrons. The van der Waals surface area contributed by atoms with E-state index in [1.54, 1.807) is 0 Å². The maximum Gasteiger partial charge on any atom is 0.227 e. The monoisotopic (exact) mass is 419 g/mol. The van der Waals surface area contributed by atoms with E-state index in [9.17, 15) is 5.11 Å². The summed E-state index contributed by atoms with van der Waals surface area (Å²) >= 11 is 0.